The second kappa shape index (κ2) is 5.53. The Morgan fingerprint density at radius 3 is 2.73 bits per heavy atom. The van der Waals surface area contributed by atoms with E-state index in [1.165, 1.54) is 4.90 Å². The number of rotatable bonds is 2. The van der Waals surface area contributed by atoms with Gasteiger partial charge in [0.15, 0.2) is 0 Å². The van der Waals surface area contributed by atoms with Crippen LogP contribution in [-0.2, 0) is 4.74 Å². The van der Waals surface area contributed by atoms with Crippen LogP contribution in [-0.4, -0.2) is 40.5 Å². The van der Waals surface area contributed by atoms with Gasteiger partial charge in [-0.1, -0.05) is 0 Å². The Morgan fingerprint density at radius 1 is 1.55 bits per heavy atom. The van der Waals surface area contributed by atoms with Gasteiger partial charge in [-0.05, 0) is 26.8 Å². The van der Waals surface area contributed by atoms with Crippen molar-refractivity contribution in [1.82, 2.24) is 4.90 Å². The molecule has 0 radical (unpaired) electrons. The lowest BCUT2D eigenvalue weighted by Crippen LogP contribution is -2.53. The minimum Gasteiger partial charge on any atom is -0.393 e. The highest BCUT2D eigenvalue weighted by molar-refractivity contribution is 6.01. The van der Waals surface area contributed by atoms with Gasteiger partial charge in [-0.25, -0.2) is 4.39 Å². The Balaban J connectivity index is 2.39. The van der Waals surface area contributed by atoms with Gasteiger partial charge in [0.05, 0.1) is 28.3 Å². The van der Waals surface area contributed by atoms with E-state index in [4.69, 9.17) is 10.5 Å². The maximum absolute atomic E-state index is 13.6. The number of carbonyl (C=O) groups is 1. The van der Waals surface area contributed by atoms with Crippen molar-refractivity contribution in [3.8, 4) is 0 Å². The number of nitrogen functional groups attached to an aromatic ring is 1. The van der Waals surface area contributed by atoms with Crippen LogP contribution in [0, 0.1) is 15.9 Å². The Morgan fingerprint density at radius 2 is 2.18 bits per heavy atom. The van der Waals surface area contributed by atoms with Crippen LogP contribution in [0.15, 0.2) is 12.1 Å². The molecule has 1 aliphatic heterocycles. The molecule has 2 rings (SSSR count). The molecule has 8 heteroatoms. The van der Waals surface area contributed by atoms with Crippen molar-refractivity contribution in [2.24, 2.45) is 0 Å². The highest BCUT2D eigenvalue weighted by atomic mass is 19.1. The first-order valence-electron chi connectivity index (χ1n) is 6.81. The second-order valence-corrected chi connectivity index (χ2v) is 6.02. The standard InChI is InChI=1S/C14H18FN3O4/c1-8-6-17(7-14(2,3)22-8)13(19)10-4-9(15)5-11(12(10)16)18(20)21/h4-5,8H,6-7,16H2,1-3H3. The van der Waals surface area contributed by atoms with Gasteiger partial charge in [-0.2, -0.15) is 0 Å². The lowest BCUT2D eigenvalue weighted by molar-refractivity contribution is -0.384. The minimum absolute atomic E-state index is 0.197. The van der Waals surface area contributed by atoms with Crippen molar-refractivity contribution in [1.29, 1.82) is 0 Å². The number of nitrogens with zero attached hydrogens (tertiary/aromatic N) is 2. The summed E-state index contributed by atoms with van der Waals surface area (Å²) in [7, 11) is 0. The highest BCUT2D eigenvalue weighted by Gasteiger charge is 2.35. The molecule has 1 atom stereocenters. The van der Waals surface area contributed by atoms with Gasteiger partial charge >= 0.3 is 0 Å². The van der Waals surface area contributed by atoms with Crippen LogP contribution in [0.25, 0.3) is 0 Å². The van der Waals surface area contributed by atoms with E-state index in [0.29, 0.717) is 19.2 Å². The van der Waals surface area contributed by atoms with Crippen LogP contribution in [0.1, 0.15) is 31.1 Å². The molecule has 0 spiro atoms. The van der Waals surface area contributed by atoms with Crippen LogP contribution < -0.4 is 5.73 Å². The molecule has 1 aliphatic rings. The maximum Gasteiger partial charge on any atom is 0.295 e. The number of nitro benzene ring substituents is 1. The number of morpholine rings is 1. The fourth-order valence-electron chi connectivity index (χ4n) is 2.71. The zero-order valence-corrected chi connectivity index (χ0v) is 12.6. The predicted molar refractivity (Wildman–Crippen MR) is 78.0 cm³/mol. The van der Waals surface area contributed by atoms with Crippen LogP contribution in [0.2, 0.25) is 0 Å². The topological polar surface area (TPSA) is 98.7 Å². The molecule has 7 nitrogen and oxygen atoms in total. The van der Waals surface area contributed by atoms with Gasteiger partial charge in [-0.15, -0.1) is 0 Å². The molecule has 1 aromatic carbocycles. The number of hydrogen-bond acceptors (Lipinski definition) is 5. The van der Waals surface area contributed by atoms with E-state index < -0.39 is 27.9 Å². The molecule has 1 unspecified atom stereocenters. The molecule has 120 valence electrons. The molecule has 0 saturated carbocycles. The van der Waals surface area contributed by atoms with Crippen LogP contribution >= 0.6 is 0 Å². The van der Waals surface area contributed by atoms with Crippen molar-refractivity contribution in [2.45, 2.75) is 32.5 Å². The van der Waals surface area contributed by atoms with E-state index in [2.05, 4.69) is 0 Å². The number of ether oxygens (including phenoxy) is 1. The Labute approximate surface area is 127 Å². The molecular formula is C14H18FN3O4. The summed E-state index contributed by atoms with van der Waals surface area (Å²) in [4.78, 5) is 24.1. The van der Waals surface area contributed by atoms with Gasteiger partial charge in [-0.3, -0.25) is 14.9 Å². The average molecular weight is 311 g/mol. The number of hydrogen-bond donors (Lipinski definition) is 1. The minimum atomic E-state index is -0.871. The zero-order valence-electron chi connectivity index (χ0n) is 12.6. The summed E-state index contributed by atoms with van der Waals surface area (Å²) in [6.45, 7) is 6.09. The molecule has 0 aliphatic carbocycles. The highest BCUT2D eigenvalue weighted by Crippen LogP contribution is 2.29. The summed E-state index contributed by atoms with van der Waals surface area (Å²) in [6.07, 6.45) is -0.197. The smallest absolute Gasteiger partial charge is 0.295 e. The van der Waals surface area contributed by atoms with E-state index >= 15 is 0 Å². The number of amides is 1. The Kier molecular flexibility index (Phi) is 4.06. The second-order valence-electron chi connectivity index (χ2n) is 6.02. The third-order valence-corrected chi connectivity index (χ3v) is 3.41. The first kappa shape index (κ1) is 16.2. The summed E-state index contributed by atoms with van der Waals surface area (Å²) in [5.41, 5.74) is 3.99. The molecule has 1 saturated heterocycles. The summed E-state index contributed by atoms with van der Waals surface area (Å²) >= 11 is 0. The van der Waals surface area contributed by atoms with Crippen molar-refractivity contribution >= 4 is 17.3 Å². The number of nitrogens with two attached hydrogens (primary N) is 1. The molecule has 1 amide bonds. The number of anilines is 1. The molecule has 0 aromatic heterocycles. The molecule has 1 heterocycles. The zero-order chi connectivity index (χ0) is 16.7. The molecule has 1 aromatic rings. The van der Waals surface area contributed by atoms with Crippen LogP contribution in [0.5, 0.6) is 0 Å². The van der Waals surface area contributed by atoms with Crippen molar-refractivity contribution < 1.29 is 18.8 Å². The average Bonchev–Trinajstić information content (AvgIpc) is 2.37. The lowest BCUT2D eigenvalue weighted by atomic mass is 10.0. The van der Waals surface area contributed by atoms with E-state index in [9.17, 15) is 19.3 Å². The largest absolute Gasteiger partial charge is 0.393 e. The molecule has 0 bridgehead atoms. The Hall–Kier alpha value is -2.22. The van der Waals surface area contributed by atoms with Crippen LogP contribution in [0.4, 0.5) is 15.8 Å². The number of benzene rings is 1. The van der Waals surface area contributed by atoms with Gasteiger partial charge in [0.2, 0.25) is 0 Å². The van der Waals surface area contributed by atoms with E-state index in [1.54, 1.807) is 0 Å². The SMILES string of the molecule is CC1CN(C(=O)c2cc(F)cc([N+](=O)[O-])c2N)CC(C)(C)O1. The summed E-state index contributed by atoms with van der Waals surface area (Å²) in [5.74, 6) is -1.41. The summed E-state index contributed by atoms with van der Waals surface area (Å²) in [5, 5.41) is 10.9. The first-order chi connectivity index (χ1) is 10.1. The van der Waals surface area contributed by atoms with Crippen LogP contribution in [0.3, 0.4) is 0 Å². The third kappa shape index (κ3) is 3.16. The molecule has 22 heavy (non-hydrogen) atoms. The van der Waals surface area contributed by atoms with Crippen molar-refractivity contribution in [3.05, 3.63) is 33.6 Å². The molecule has 1 fully saturated rings. The van der Waals surface area contributed by atoms with E-state index in [1.807, 2.05) is 20.8 Å². The quantitative estimate of drug-likeness (QED) is 0.511. The fourth-order valence-corrected chi connectivity index (χ4v) is 2.71. The normalized spacial score (nSPS) is 20.7. The molecule has 2 N–H and O–H groups in total. The molecular weight excluding hydrogens is 293 g/mol. The van der Waals surface area contributed by atoms with Crippen molar-refractivity contribution in [2.75, 3.05) is 18.8 Å². The third-order valence-electron chi connectivity index (χ3n) is 3.41. The summed E-state index contributed by atoms with van der Waals surface area (Å²) in [6, 6.07) is 1.63. The summed E-state index contributed by atoms with van der Waals surface area (Å²) < 4.78 is 19.3. The number of halogens is 1. The van der Waals surface area contributed by atoms with Gasteiger partial charge in [0.25, 0.3) is 11.6 Å². The fraction of sp³-hybridized carbons (Fsp3) is 0.500. The first-order valence-corrected chi connectivity index (χ1v) is 6.81. The van der Waals surface area contributed by atoms with Gasteiger partial charge in [0, 0.05) is 13.1 Å². The van der Waals surface area contributed by atoms with Gasteiger partial charge in [0.1, 0.15) is 11.5 Å². The Bertz CT molecular complexity index is 633. The van der Waals surface area contributed by atoms with E-state index in [-0.39, 0.29) is 17.4 Å². The lowest BCUT2D eigenvalue weighted by Gasteiger charge is -2.41. The predicted octanol–water partition coefficient (Wildman–Crippen LogP) is 1.96. The maximum atomic E-state index is 13.6. The number of nitro groups is 1. The van der Waals surface area contributed by atoms with Gasteiger partial charge < -0.3 is 15.4 Å². The van der Waals surface area contributed by atoms with E-state index in [0.717, 1.165) is 6.07 Å². The van der Waals surface area contributed by atoms with Crippen molar-refractivity contribution in [3.63, 3.8) is 0 Å². The number of carbonyl (C=O) groups excluding carboxylic acids is 1. The monoisotopic (exact) mass is 311 g/mol.